The van der Waals surface area contributed by atoms with E-state index in [0.717, 1.165) is 32.4 Å². The summed E-state index contributed by atoms with van der Waals surface area (Å²) in [6, 6.07) is 8.55. The Labute approximate surface area is 144 Å². The van der Waals surface area contributed by atoms with Crippen molar-refractivity contribution in [1.82, 2.24) is 4.90 Å². The van der Waals surface area contributed by atoms with Crippen LogP contribution in [0.15, 0.2) is 24.3 Å². The van der Waals surface area contributed by atoms with Gasteiger partial charge in [-0.3, -0.25) is 4.79 Å². The summed E-state index contributed by atoms with van der Waals surface area (Å²) >= 11 is 0. The molecule has 0 aromatic heterocycles. The van der Waals surface area contributed by atoms with E-state index in [-0.39, 0.29) is 30.5 Å². The van der Waals surface area contributed by atoms with Crippen molar-refractivity contribution in [3.8, 4) is 0 Å². The molecule has 2 aliphatic heterocycles. The number of hydrogen-bond donors (Lipinski definition) is 1. The summed E-state index contributed by atoms with van der Waals surface area (Å²) < 4.78 is 5.86. The predicted octanol–water partition coefficient (Wildman–Crippen LogP) is 2.70. The lowest BCUT2D eigenvalue weighted by atomic mass is 9.90. The molecule has 0 saturated carbocycles. The van der Waals surface area contributed by atoms with Gasteiger partial charge in [-0.25, -0.2) is 0 Å². The number of carbonyl (C=O) groups excluding carboxylic acids is 1. The summed E-state index contributed by atoms with van der Waals surface area (Å²) in [5, 5.41) is 0. The zero-order valence-electron chi connectivity index (χ0n) is 13.7. The third kappa shape index (κ3) is 4.25. The topological polar surface area (TPSA) is 55.6 Å². The molecule has 1 amide bonds. The Morgan fingerprint density at radius 2 is 2.04 bits per heavy atom. The number of rotatable bonds is 3. The number of carbonyl (C=O) groups is 1. The van der Waals surface area contributed by atoms with Gasteiger partial charge in [-0.15, -0.1) is 12.4 Å². The fourth-order valence-electron chi connectivity index (χ4n) is 3.61. The molecule has 2 unspecified atom stereocenters. The number of likely N-dealkylation sites (tertiary alicyclic amines) is 1. The monoisotopic (exact) mass is 338 g/mol. The van der Waals surface area contributed by atoms with E-state index < -0.39 is 0 Å². The Balaban J connectivity index is 0.00000192. The average molecular weight is 339 g/mol. The second kappa shape index (κ2) is 8.13. The lowest BCUT2D eigenvalue weighted by Crippen LogP contribution is -2.43. The van der Waals surface area contributed by atoms with Gasteiger partial charge in [0.15, 0.2) is 0 Å². The van der Waals surface area contributed by atoms with Gasteiger partial charge < -0.3 is 15.4 Å². The van der Waals surface area contributed by atoms with E-state index in [0.29, 0.717) is 18.9 Å². The van der Waals surface area contributed by atoms with E-state index in [9.17, 15) is 4.79 Å². The number of fused-ring (bicyclic) bond motifs is 1. The smallest absolute Gasteiger partial charge is 0.225 e. The van der Waals surface area contributed by atoms with Gasteiger partial charge in [-0.05, 0) is 43.2 Å². The molecule has 0 spiro atoms. The number of benzene rings is 1. The van der Waals surface area contributed by atoms with Crippen molar-refractivity contribution < 1.29 is 9.53 Å². The molecule has 0 aliphatic carbocycles. The molecule has 1 saturated heterocycles. The van der Waals surface area contributed by atoms with E-state index >= 15 is 0 Å². The number of ether oxygens (including phenoxy) is 1. The Hall–Kier alpha value is -1.10. The zero-order chi connectivity index (χ0) is 15.5. The first-order valence-corrected chi connectivity index (χ1v) is 8.38. The first-order chi connectivity index (χ1) is 10.6. The fraction of sp³-hybridized carbons (Fsp3) is 0.611. The summed E-state index contributed by atoms with van der Waals surface area (Å²) in [4.78, 5) is 14.6. The Bertz CT molecular complexity index is 528. The standard InChI is InChI=1S/C18H26N2O2.ClH/c1-13(19)14-6-9-20(10-7-14)18(21)12-17-16-5-3-2-4-15(16)8-11-22-17;/h2-5,13-14,17H,6-12,19H2,1H3;1H. The lowest BCUT2D eigenvalue weighted by Gasteiger charge is -2.35. The van der Waals surface area contributed by atoms with Crippen LogP contribution < -0.4 is 5.73 Å². The van der Waals surface area contributed by atoms with Gasteiger partial charge in [-0.2, -0.15) is 0 Å². The Morgan fingerprint density at radius 3 is 2.74 bits per heavy atom. The third-order valence-corrected chi connectivity index (χ3v) is 5.09. The first kappa shape index (κ1) is 18.2. The molecule has 2 heterocycles. The van der Waals surface area contributed by atoms with Crippen LogP contribution in [-0.4, -0.2) is 36.5 Å². The van der Waals surface area contributed by atoms with Crippen LogP contribution in [0.4, 0.5) is 0 Å². The van der Waals surface area contributed by atoms with Gasteiger partial charge in [-0.1, -0.05) is 24.3 Å². The van der Waals surface area contributed by atoms with Crippen LogP contribution in [0.5, 0.6) is 0 Å². The molecule has 2 atom stereocenters. The molecule has 4 nitrogen and oxygen atoms in total. The van der Waals surface area contributed by atoms with E-state index in [1.165, 1.54) is 11.1 Å². The number of nitrogens with two attached hydrogens (primary N) is 1. The molecule has 1 fully saturated rings. The van der Waals surface area contributed by atoms with Crippen LogP contribution in [0.25, 0.3) is 0 Å². The minimum Gasteiger partial charge on any atom is -0.373 e. The number of hydrogen-bond acceptors (Lipinski definition) is 3. The molecule has 0 bridgehead atoms. The van der Waals surface area contributed by atoms with E-state index in [4.69, 9.17) is 10.5 Å². The van der Waals surface area contributed by atoms with E-state index in [1.807, 2.05) is 11.0 Å². The van der Waals surface area contributed by atoms with Gasteiger partial charge in [0.1, 0.15) is 0 Å². The van der Waals surface area contributed by atoms with Crippen LogP contribution in [0.3, 0.4) is 0 Å². The molecule has 5 heteroatoms. The number of halogens is 1. The number of nitrogens with zero attached hydrogens (tertiary/aromatic N) is 1. The van der Waals surface area contributed by atoms with E-state index in [2.05, 4.69) is 25.1 Å². The Morgan fingerprint density at radius 1 is 1.35 bits per heavy atom. The SMILES string of the molecule is CC(N)C1CCN(C(=O)CC2OCCc3ccccc32)CC1.Cl. The molecular weight excluding hydrogens is 312 g/mol. The molecule has 0 radical (unpaired) electrons. The molecule has 2 N–H and O–H groups in total. The minimum absolute atomic E-state index is 0. The Kier molecular flexibility index (Phi) is 6.45. The van der Waals surface area contributed by atoms with E-state index in [1.54, 1.807) is 0 Å². The number of amides is 1. The van der Waals surface area contributed by atoms with Crippen LogP contribution in [0.2, 0.25) is 0 Å². The molecule has 2 aliphatic rings. The van der Waals surface area contributed by atoms with Crippen LogP contribution >= 0.6 is 12.4 Å². The first-order valence-electron chi connectivity index (χ1n) is 8.38. The van der Waals surface area contributed by atoms with Crippen molar-refractivity contribution in [2.45, 2.75) is 44.8 Å². The second-order valence-electron chi connectivity index (χ2n) is 6.59. The van der Waals surface area contributed by atoms with Gasteiger partial charge in [0.2, 0.25) is 5.91 Å². The molecule has 1 aromatic rings. The van der Waals surface area contributed by atoms with Crippen LogP contribution in [0.1, 0.15) is 43.4 Å². The maximum atomic E-state index is 12.6. The van der Waals surface area contributed by atoms with Crippen molar-refractivity contribution >= 4 is 18.3 Å². The highest BCUT2D eigenvalue weighted by Gasteiger charge is 2.28. The van der Waals surface area contributed by atoms with Crippen molar-refractivity contribution in [3.63, 3.8) is 0 Å². The van der Waals surface area contributed by atoms with Crippen LogP contribution in [0, 0.1) is 5.92 Å². The predicted molar refractivity (Wildman–Crippen MR) is 93.7 cm³/mol. The quantitative estimate of drug-likeness (QED) is 0.922. The normalized spacial score (nSPS) is 22.9. The van der Waals surface area contributed by atoms with Crippen molar-refractivity contribution in [2.24, 2.45) is 11.7 Å². The lowest BCUT2D eigenvalue weighted by molar-refractivity contribution is -0.136. The van der Waals surface area contributed by atoms with Crippen molar-refractivity contribution in [3.05, 3.63) is 35.4 Å². The van der Waals surface area contributed by atoms with Crippen molar-refractivity contribution in [1.29, 1.82) is 0 Å². The van der Waals surface area contributed by atoms with Gasteiger partial charge in [0, 0.05) is 19.1 Å². The number of piperidine rings is 1. The molecular formula is C18H27ClN2O2. The fourth-order valence-corrected chi connectivity index (χ4v) is 3.61. The summed E-state index contributed by atoms with van der Waals surface area (Å²) in [6.07, 6.45) is 3.36. The molecule has 3 rings (SSSR count). The maximum absolute atomic E-state index is 12.6. The maximum Gasteiger partial charge on any atom is 0.225 e. The van der Waals surface area contributed by atoms with Gasteiger partial charge >= 0.3 is 0 Å². The highest BCUT2D eigenvalue weighted by molar-refractivity contribution is 5.85. The largest absolute Gasteiger partial charge is 0.373 e. The highest BCUT2D eigenvalue weighted by Crippen LogP contribution is 2.30. The van der Waals surface area contributed by atoms with Crippen molar-refractivity contribution in [2.75, 3.05) is 19.7 Å². The second-order valence-corrected chi connectivity index (χ2v) is 6.59. The van der Waals surface area contributed by atoms with Gasteiger partial charge in [0.05, 0.1) is 19.1 Å². The van der Waals surface area contributed by atoms with Crippen LogP contribution in [-0.2, 0) is 16.0 Å². The summed E-state index contributed by atoms with van der Waals surface area (Å²) in [5.41, 5.74) is 8.48. The summed E-state index contributed by atoms with van der Waals surface area (Å²) in [5.74, 6) is 0.764. The highest BCUT2D eigenvalue weighted by atomic mass is 35.5. The molecule has 1 aromatic carbocycles. The molecule has 23 heavy (non-hydrogen) atoms. The molecule has 128 valence electrons. The summed E-state index contributed by atoms with van der Waals surface area (Å²) in [7, 11) is 0. The minimum atomic E-state index is -0.0800. The average Bonchev–Trinajstić information content (AvgIpc) is 2.55. The third-order valence-electron chi connectivity index (χ3n) is 5.09. The van der Waals surface area contributed by atoms with Gasteiger partial charge in [0.25, 0.3) is 0 Å². The zero-order valence-corrected chi connectivity index (χ0v) is 14.6. The summed E-state index contributed by atoms with van der Waals surface area (Å²) in [6.45, 7) is 4.44.